The second-order valence-electron chi connectivity index (χ2n) is 6.66. The first kappa shape index (κ1) is 13.5. The van der Waals surface area contributed by atoms with Crippen LogP contribution in [0.5, 0.6) is 0 Å². The predicted octanol–water partition coefficient (Wildman–Crippen LogP) is 2.87. The SMILES string of the molecule is Cc1sc2ncnc(N3C[C@H]4CCC(N)C[C@H]4C3)c2c1C. The van der Waals surface area contributed by atoms with Crippen LogP contribution in [-0.2, 0) is 0 Å². The number of thiophene rings is 1. The zero-order valence-electron chi connectivity index (χ0n) is 12.7. The summed E-state index contributed by atoms with van der Waals surface area (Å²) in [4.78, 5) is 14.0. The highest BCUT2D eigenvalue weighted by molar-refractivity contribution is 7.18. The van der Waals surface area contributed by atoms with E-state index in [1.807, 2.05) is 0 Å². The first-order valence-electron chi connectivity index (χ1n) is 7.84. The van der Waals surface area contributed by atoms with E-state index in [9.17, 15) is 0 Å². The average molecular weight is 302 g/mol. The fourth-order valence-corrected chi connectivity index (χ4v) is 5.04. The van der Waals surface area contributed by atoms with E-state index < -0.39 is 0 Å². The van der Waals surface area contributed by atoms with Gasteiger partial charge in [-0.2, -0.15) is 0 Å². The quantitative estimate of drug-likeness (QED) is 0.880. The second kappa shape index (κ2) is 4.92. The van der Waals surface area contributed by atoms with Crippen molar-refractivity contribution in [2.24, 2.45) is 17.6 Å². The van der Waals surface area contributed by atoms with E-state index in [-0.39, 0.29) is 0 Å². The topological polar surface area (TPSA) is 55.0 Å². The minimum Gasteiger partial charge on any atom is -0.355 e. The Hall–Kier alpha value is -1.20. The second-order valence-corrected chi connectivity index (χ2v) is 7.86. The van der Waals surface area contributed by atoms with Crippen molar-refractivity contribution in [2.75, 3.05) is 18.0 Å². The Kier molecular flexibility index (Phi) is 3.15. The Morgan fingerprint density at radius 3 is 2.86 bits per heavy atom. The standard InChI is InChI=1S/C16H22N4S/c1-9-10(2)21-16-14(9)15(18-8-19-16)20-6-11-3-4-13(17)5-12(11)7-20/h8,11-13H,3-7,17H2,1-2H3/t11-,12+,13?/m1/s1. The monoisotopic (exact) mass is 302 g/mol. The molecule has 0 amide bonds. The van der Waals surface area contributed by atoms with Gasteiger partial charge in [0.05, 0.1) is 5.39 Å². The van der Waals surface area contributed by atoms with Gasteiger partial charge in [-0.3, -0.25) is 0 Å². The Morgan fingerprint density at radius 1 is 1.19 bits per heavy atom. The molecular weight excluding hydrogens is 280 g/mol. The first-order chi connectivity index (χ1) is 10.1. The van der Waals surface area contributed by atoms with Crippen LogP contribution in [0.25, 0.3) is 10.2 Å². The van der Waals surface area contributed by atoms with Crippen LogP contribution < -0.4 is 10.6 Å². The fourth-order valence-electron chi connectivity index (χ4n) is 4.04. The summed E-state index contributed by atoms with van der Waals surface area (Å²) < 4.78 is 0. The minimum absolute atomic E-state index is 0.404. The number of nitrogens with two attached hydrogens (primary N) is 1. The van der Waals surface area contributed by atoms with Crippen molar-refractivity contribution < 1.29 is 0 Å². The van der Waals surface area contributed by atoms with Gasteiger partial charge in [-0.1, -0.05) is 0 Å². The average Bonchev–Trinajstić information content (AvgIpc) is 3.00. The summed E-state index contributed by atoms with van der Waals surface area (Å²) in [5.41, 5.74) is 7.49. The van der Waals surface area contributed by atoms with Crippen LogP contribution in [0.1, 0.15) is 29.7 Å². The van der Waals surface area contributed by atoms with Gasteiger partial charge >= 0.3 is 0 Å². The van der Waals surface area contributed by atoms with E-state index in [1.54, 1.807) is 17.7 Å². The van der Waals surface area contributed by atoms with E-state index >= 15 is 0 Å². The van der Waals surface area contributed by atoms with E-state index in [1.165, 1.54) is 35.1 Å². The maximum absolute atomic E-state index is 6.15. The first-order valence-corrected chi connectivity index (χ1v) is 8.66. The van der Waals surface area contributed by atoms with Gasteiger partial charge in [0.15, 0.2) is 0 Å². The van der Waals surface area contributed by atoms with E-state index in [0.717, 1.165) is 35.6 Å². The van der Waals surface area contributed by atoms with Crippen LogP contribution in [0.2, 0.25) is 0 Å². The molecule has 5 heteroatoms. The molecule has 1 unspecified atom stereocenters. The lowest BCUT2D eigenvalue weighted by molar-refractivity contribution is 0.271. The van der Waals surface area contributed by atoms with Crippen molar-refractivity contribution in [1.29, 1.82) is 0 Å². The zero-order chi connectivity index (χ0) is 14.6. The summed E-state index contributed by atoms with van der Waals surface area (Å²) in [7, 11) is 0. The van der Waals surface area contributed by atoms with Gasteiger partial charge in [0.1, 0.15) is 17.0 Å². The number of fused-ring (bicyclic) bond motifs is 2. The molecule has 112 valence electrons. The van der Waals surface area contributed by atoms with Gasteiger partial charge in [0.2, 0.25) is 0 Å². The minimum atomic E-state index is 0.404. The lowest BCUT2D eigenvalue weighted by atomic mass is 9.79. The molecule has 0 radical (unpaired) electrons. The largest absolute Gasteiger partial charge is 0.355 e. The smallest absolute Gasteiger partial charge is 0.141 e. The fraction of sp³-hybridized carbons (Fsp3) is 0.625. The molecule has 21 heavy (non-hydrogen) atoms. The van der Waals surface area contributed by atoms with Crippen LogP contribution in [0.4, 0.5) is 5.82 Å². The maximum Gasteiger partial charge on any atom is 0.141 e. The number of hydrogen-bond acceptors (Lipinski definition) is 5. The zero-order valence-corrected chi connectivity index (χ0v) is 13.5. The van der Waals surface area contributed by atoms with Gasteiger partial charge in [-0.05, 0) is 50.5 Å². The van der Waals surface area contributed by atoms with Gasteiger partial charge in [-0.15, -0.1) is 11.3 Å². The van der Waals surface area contributed by atoms with Crippen molar-refractivity contribution in [1.82, 2.24) is 9.97 Å². The van der Waals surface area contributed by atoms with E-state index in [0.29, 0.717) is 6.04 Å². The Labute approximate surface area is 129 Å². The van der Waals surface area contributed by atoms with Crippen LogP contribution in [0.3, 0.4) is 0 Å². The third kappa shape index (κ3) is 2.14. The number of hydrogen-bond donors (Lipinski definition) is 1. The summed E-state index contributed by atoms with van der Waals surface area (Å²) in [6, 6.07) is 0.404. The van der Waals surface area contributed by atoms with Crippen molar-refractivity contribution in [3.05, 3.63) is 16.8 Å². The number of aromatic nitrogens is 2. The molecule has 2 aromatic heterocycles. The van der Waals surface area contributed by atoms with Crippen molar-refractivity contribution in [2.45, 2.75) is 39.2 Å². The normalized spacial score (nSPS) is 29.1. The Balaban J connectivity index is 1.71. The number of anilines is 1. The Morgan fingerprint density at radius 2 is 2.00 bits per heavy atom. The molecule has 3 heterocycles. The maximum atomic E-state index is 6.15. The summed E-state index contributed by atoms with van der Waals surface area (Å²) in [6.07, 6.45) is 5.36. The highest BCUT2D eigenvalue weighted by Gasteiger charge is 2.37. The molecular formula is C16H22N4S. The summed E-state index contributed by atoms with van der Waals surface area (Å²) in [5, 5.41) is 1.27. The number of nitrogens with zero attached hydrogens (tertiary/aromatic N) is 3. The highest BCUT2D eigenvalue weighted by atomic mass is 32.1. The molecule has 0 bridgehead atoms. The third-order valence-electron chi connectivity index (χ3n) is 5.34. The molecule has 1 aliphatic heterocycles. The molecule has 2 aliphatic rings. The van der Waals surface area contributed by atoms with Crippen molar-refractivity contribution in [3.63, 3.8) is 0 Å². The molecule has 1 saturated heterocycles. The summed E-state index contributed by atoms with van der Waals surface area (Å²) in [6.45, 7) is 6.62. The van der Waals surface area contributed by atoms with Crippen LogP contribution in [0.15, 0.2) is 6.33 Å². The van der Waals surface area contributed by atoms with Crippen molar-refractivity contribution in [3.8, 4) is 0 Å². The third-order valence-corrected chi connectivity index (χ3v) is 6.45. The molecule has 3 atom stereocenters. The molecule has 4 nitrogen and oxygen atoms in total. The molecule has 0 aromatic carbocycles. The number of rotatable bonds is 1. The molecule has 1 saturated carbocycles. The summed E-state index contributed by atoms with van der Waals surface area (Å²) >= 11 is 1.78. The molecule has 2 N–H and O–H groups in total. The lowest BCUT2D eigenvalue weighted by Gasteiger charge is -2.27. The van der Waals surface area contributed by atoms with Gasteiger partial charge in [0.25, 0.3) is 0 Å². The van der Waals surface area contributed by atoms with E-state index in [4.69, 9.17) is 5.73 Å². The number of aryl methyl sites for hydroxylation is 2. The summed E-state index contributed by atoms with van der Waals surface area (Å²) in [5.74, 6) is 2.69. The lowest BCUT2D eigenvalue weighted by Crippen LogP contribution is -2.32. The van der Waals surface area contributed by atoms with Gasteiger partial charge in [-0.25, -0.2) is 9.97 Å². The molecule has 2 aromatic rings. The Bertz CT molecular complexity index is 680. The highest BCUT2D eigenvalue weighted by Crippen LogP contribution is 2.40. The predicted molar refractivity (Wildman–Crippen MR) is 87.9 cm³/mol. The van der Waals surface area contributed by atoms with Crippen LogP contribution in [-0.4, -0.2) is 29.1 Å². The molecule has 1 aliphatic carbocycles. The van der Waals surface area contributed by atoms with E-state index in [2.05, 4.69) is 28.7 Å². The van der Waals surface area contributed by atoms with Crippen molar-refractivity contribution >= 4 is 27.4 Å². The van der Waals surface area contributed by atoms with Crippen LogP contribution in [0, 0.1) is 25.7 Å². The molecule has 4 rings (SSSR count). The molecule has 0 spiro atoms. The van der Waals surface area contributed by atoms with Gasteiger partial charge in [0, 0.05) is 24.0 Å². The van der Waals surface area contributed by atoms with Crippen LogP contribution >= 0.6 is 11.3 Å². The molecule has 2 fully saturated rings. The van der Waals surface area contributed by atoms with Gasteiger partial charge < -0.3 is 10.6 Å².